The van der Waals surface area contributed by atoms with Crippen molar-refractivity contribution in [1.29, 1.82) is 0 Å². The summed E-state index contributed by atoms with van der Waals surface area (Å²) < 4.78 is 11.0. The van der Waals surface area contributed by atoms with E-state index in [4.69, 9.17) is 43.4 Å². The molecule has 234 valence electrons. The number of aryl methyl sites for hydroxylation is 1. The number of ether oxygens (including phenoxy) is 2. The molecular weight excluding hydrogens is 617 g/mol. The molecule has 1 aliphatic heterocycles. The van der Waals surface area contributed by atoms with Crippen molar-refractivity contribution in [3.63, 3.8) is 0 Å². The number of aromatic nitrogens is 4. The topological polar surface area (TPSA) is 154 Å². The van der Waals surface area contributed by atoms with Crippen LogP contribution in [0.15, 0.2) is 48.8 Å². The highest BCUT2D eigenvalue weighted by molar-refractivity contribution is 6.39. The average Bonchev–Trinajstić information content (AvgIpc) is 3.46. The standard InChI is InChI=1S/C32H33Cl2N7O4/c1-44-31-23(11-3-6-18-12-13-28(43)39-18)37-15-24(40-31)21-9-4-7-19(29(21)33)20-8-5-10-22(30(20)34)25-16-38-26(32(41-25)45-2)14-36-17-27(35)42/h4-5,7-10,15-16,18,36H,3,6,11-14,17H2,1-2H3,(H2,35,42)(H,39,43)/t18-/m1/s1. The zero-order chi connectivity index (χ0) is 31.9. The fraction of sp³-hybridized carbons (Fsp3) is 0.312. The van der Waals surface area contributed by atoms with Crippen LogP contribution in [-0.2, 0) is 22.6 Å². The van der Waals surface area contributed by atoms with E-state index in [1.165, 1.54) is 7.11 Å². The number of hydrogen-bond acceptors (Lipinski definition) is 9. The van der Waals surface area contributed by atoms with Gasteiger partial charge in [-0.1, -0.05) is 59.6 Å². The lowest BCUT2D eigenvalue weighted by Gasteiger charge is -2.15. The highest BCUT2D eigenvalue weighted by Crippen LogP contribution is 2.42. The van der Waals surface area contributed by atoms with Gasteiger partial charge in [-0.2, -0.15) is 0 Å². The van der Waals surface area contributed by atoms with Crippen molar-refractivity contribution in [3.05, 3.63) is 70.2 Å². The first-order chi connectivity index (χ1) is 21.8. The highest BCUT2D eigenvalue weighted by atomic mass is 35.5. The summed E-state index contributed by atoms with van der Waals surface area (Å²) in [6, 6.07) is 11.4. The number of nitrogens with one attached hydrogen (secondary N) is 2. The first-order valence-corrected chi connectivity index (χ1v) is 15.2. The second-order valence-corrected chi connectivity index (χ2v) is 11.3. The lowest BCUT2D eigenvalue weighted by molar-refractivity contribution is -0.119. The van der Waals surface area contributed by atoms with E-state index in [0.29, 0.717) is 74.0 Å². The van der Waals surface area contributed by atoms with E-state index in [1.54, 1.807) is 19.5 Å². The average molecular weight is 651 g/mol. The van der Waals surface area contributed by atoms with Gasteiger partial charge in [-0.15, -0.1) is 0 Å². The minimum atomic E-state index is -0.476. The van der Waals surface area contributed by atoms with Crippen molar-refractivity contribution < 1.29 is 19.1 Å². The van der Waals surface area contributed by atoms with Crippen molar-refractivity contribution in [2.45, 2.75) is 44.7 Å². The summed E-state index contributed by atoms with van der Waals surface area (Å²) in [5.41, 5.74) is 10.3. The molecule has 0 spiro atoms. The van der Waals surface area contributed by atoms with Gasteiger partial charge in [-0.25, -0.2) is 9.97 Å². The summed E-state index contributed by atoms with van der Waals surface area (Å²) in [4.78, 5) is 41.0. The van der Waals surface area contributed by atoms with Crippen molar-refractivity contribution in [3.8, 4) is 45.4 Å². The third kappa shape index (κ3) is 7.50. The number of rotatable bonds is 13. The van der Waals surface area contributed by atoms with Gasteiger partial charge in [0, 0.05) is 41.3 Å². The smallest absolute Gasteiger partial charge is 0.237 e. The zero-order valence-electron chi connectivity index (χ0n) is 24.9. The van der Waals surface area contributed by atoms with Crippen LogP contribution in [0.3, 0.4) is 0 Å². The Balaban J connectivity index is 1.39. The van der Waals surface area contributed by atoms with E-state index in [0.717, 1.165) is 25.0 Å². The molecule has 2 amide bonds. The lowest BCUT2D eigenvalue weighted by atomic mass is 9.98. The van der Waals surface area contributed by atoms with Gasteiger partial charge in [0.25, 0.3) is 0 Å². The fourth-order valence-electron chi connectivity index (χ4n) is 5.26. The SMILES string of the molecule is COc1nc(-c2cccc(-c3cccc(-c4cnc(CNCC(N)=O)c(OC)n4)c3Cl)c2Cl)cnc1CCC[C@@H]1CCC(=O)N1. The Morgan fingerprint density at radius 3 is 2.02 bits per heavy atom. The Morgan fingerprint density at radius 1 is 0.933 bits per heavy atom. The van der Waals surface area contributed by atoms with Gasteiger partial charge in [0.1, 0.15) is 11.4 Å². The molecule has 1 fully saturated rings. The zero-order valence-corrected chi connectivity index (χ0v) is 26.4. The van der Waals surface area contributed by atoms with Crippen LogP contribution in [0, 0.1) is 0 Å². The lowest BCUT2D eigenvalue weighted by Crippen LogP contribution is -2.28. The predicted molar refractivity (Wildman–Crippen MR) is 172 cm³/mol. The third-order valence-corrected chi connectivity index (χ3v) is 8.31. The molecule has 0 unspecified atom stereocenters. The second kappa shape index (κ2) is 14.6. The summed E-state index contributed by atoms with van der Waals surface area (Å²) in [5, 5.41) is 6.80. The van der Waals surface area contributed by atoms with Gasteiger partial charge in [-0.3, -0.25) is 19.6 Å². The van der Waals surface area contributed by atoms with Crippen molar-refractivity contribution in [1.82, 2.24) is 30.6 Å². The summed E-state index contributed by atoms with van der Waals surface area (Å²) in [5.74, 6) is 0.373. The first-order valence-electron chi connectivity index (χ1n) is 14.4. The molecule has 0 radical (unpaired) electrons. The van der Waals surface area contributed by atoms with Gasteiger partial charge in [-0.05, 0) is 25.7 Å². The van der Waals surface area contributed by atoms with E-state index in [1.807, 2.05) is 36.4 Å². The van der Waals surface area contributed by atoms with E-state index in [2.05, 4.69) is 25.6 Å². The van der Waals surface area contributed by atoms with Gasteiger partial charge in [0.2, 0.25) is 23.6 Å². The van der Waals surface area contributed by atoms with E-state index in [-0.39, 0.29) is 25.0 Å². The molecule has 3 heterocycles. The Kier molecular flexibility index (Phi) is 10.4. The molecule has 1 atom stereocenters. The number of hydrogen-bond donors (Lipinski definition) is 3. The monoisotopic (exact) mass is 649 g/mol. The van der Waals surface area contributed by atoms with Crippen molar-refractivity contribution in [2.75, 3.05) is 20.8 Å². The number of carbonyl (C=O) groups excluding carboxylic acids is 2. The number of carbonyl (C=O) groups is 2. The first kappa shape index (κ1) is 32.1. The molecule has 1 saturated heterocycles. The van der Waals surface area contributed by atoms with Crippen LogP contribution in [-0.4, -0.2) is 58.6 Å². The number of primary amides is 1. The number of methoxy groups -OCH3 is 2. The molecule has 0 bridgehead atoms. The molecule has 0 saturated carbocycles. The molecule has 4 aromatic rings. The molecular formula is C32H33Cl2N7O4. The van der Waals surface area contributed by atoms with Gasteiger partial charge < -0.3 is 25.8 Å². The molecule has 2 aromatic heterocycles. The van der Waals surface area contributed by atoms with Crippen LogP contribution < -0.4 is 25.8 Å². The maximum absolute atomic E-state index is 11.5. The highest BCUT2D eigenvalue weighted by Gasteiger charge is 2.22. The van der Waals surface area contributed by atoms with Crippen LogP contribution in [0.2, 0.25) is 10.0 Å². The number of benzene rings is 2. The summed E-state index contributed by atoms with van der Waals surface area (Å²) >= 11 is 14.0. The third-order valence-electron chi connectivity index (χ3n) is 7.49. The Morgan fingerprint density at radius 2 is 1.49 bits per heavy atom. The van der Waals surface area contributed by atoms with Gasteiger partial charge in [0.15, 0.2) is 0 Å². The normalized spacial score (nSPS) is 14.3. The fourth-order valence-corrected chi connectivity index (χ4v) is 5.91. The second-order valence-electron chi connectivity index (χ2n) is 10.5. The van der Waals surface area contributed by atoms with Crippen molar-refractivity contribution in [2.24, 2.45) is 5.73 Å². The number of nitrogens with zero attached hydrogens (tertiary/aromatic N) is 4. The van der Waals surface area contributed by atoms with Gasteiger partial charge in [0.05, 0.1) is 54.6 Å². The molecule has 4 N–H and O–H groups in total. The predicted octanol–water partition coefficient (Wildman–Crippen LogP) is 4.77. The van der Waals surface area contributed by atoms with Crippen LogP contribution in [0.25, 0.3) is 33.6 Å². The number of nitrogens with two attached hydrogens (primary N) is 1. The molecule has 2 aromatic carbocycles. The summed E-state index contributed by atoms with van der Waals surface area (Å²) in [7, 11) is 3.07. The minimum Gasteiger partial charge on any atom is -0.480 e. The van der Waals surface area contributed by atoms with E-state index in [9.17, 15) is 9.59 Å². The van der Waals surface area contributed by atoms with Crippen LogP contribution in [0.4, 0.5) is 0 Å². The number of halogens is 2. The summed E-state index contributed by atoms with van der Waals surface area (Å²) in [6.07, 6.45) is 7.16. The molecule has 45 heavy (non-hydrogen) atoms. The Labute approximate surface area is 270 Å². The molecule has 0 aliphatic carbocycles. The molecule has 11 nitrogen and oxygen atoms in total. The van der Waals surface area contributed by atoms with Crippen LogP contribution in [0.5, 0.6) is 11.8 Å². The maximum Gasteiger partial charge on any atom is 0.237 e. The molecule has 1 aliphatic rings. The van der Waals surface area contributed by atoms with E-state index < -0.39 is 5.91 Å². The Bertz CT molecular complexity index is 1720. The minimum absolute atomic E-state index is 0.00510. The van der Waals surface area contributed by atoms with E-state index >= 15 is 0 Å². The number of amides is 2. The largest absolute Gasteiger partial charge is 0.480 e. The van der Waals surface area contributed by atoms with Crippen LogP contribution >= 0.6 is 23.2 Å². The van der Waals surface area contributed by atoms with Crippen LogP contribution in [0.1, 0.15) is 37.1 Å². The van der Waals surface area contributed by atoms with Crippen molar-refractivity contribution >= 4 is 35.0 Å². The Hall–Kier alpha value is -4.32. The molecule has 13 heteroatoms. The van der Waals surface area contributed by atoms with Gasteiger partial charge >= 0.3 is 0 Å². The summed E-state index contributed by atoms with van der Waals surface area (Å²) in [6.45, 7) is 0.259. The molecule has 5 rings (SSSR count). The quantitative estimate of drug-likeness (QED) is 0.186. The maximum atomic E-state index is 11.5.